The fraction of sp³-hybridized carbons (Fsp3) is 0.273. The molecule has 1 rings (SSSR count). The van der Waals surface area contributed by atoms with Gasteiger partial charge in [-0.1, -0.05) is 37.3 Å². The molecule has 0 aliphatic carbocycles. The fourth-order valence-electron chi connectivity index (χ4n) is 1.05. The van der Waals surface area contributed by atoms with Gasteiger partial charge in [-0.3, -0.25) is 0 Å². The summed E-state index contributed by atoms with van der Waals surface area (Å²) in [6, 6.07) is 7.90. The quantitative estimate of drug-likeness (QED) is 0.724. The average molecular weight is 162 g/mol. The van der Waals surface area contributed by atoms with Crippen LogP contribution >= 0.6 is 0 Å². The summed E-state index contributed by atoms with van der Waals surface area (Å²) in [6.45, 7) is 2.22. The summed E-state index contributed by atoms with van der Waals surface area (Å²) >= 11 is 0. The molecule has 0 heterocycles. The number of benzene rings is 1. The summed E-state index contributed by atoms with van der Waals surface area (Å²) in [5.74, 6) is 0. The van der Waals surface area contributed by atoms with Gasteiger partial charge >= 0.3 is 0 Å². The Hall–Kier alpha value is -1.08. The lowest BCUT2D eigenvalue weighted by Crippen LogP contribution is -1.82. The molecule has 1 aromatic carbocycles. The number of aliphatic hydroxyl groups is 1. The van der Waals surface area contributed by atoms with Gasteiger partial charge in [0.15, 0.2) is 0 Å². The van der Waals surface area contributed by atoms with Gasteiger partial charge in [-0.05, 0) is 23.6 Å². The van der Waals surface area contributed by atoms with Crippen molar-refractivity contribution in [2.24, 2.45) is 0 Å². The minimum absolute atomic E-state index is 0.119. The summed E-state index contributed by atoms with van der Waals surface area (Å²) in [4.78, 5) is 0. The standard InChI is InChI=1S/C11H14O/c1-2-3-5-10-6-4-7-11(8-10)9-12/h3-8,12H,2,9H2,1H3. The minimum Gasteiger partial charge on any atom is -0.392 e. The van der Waals surface area contributed by atoms with Crippen molar-refractivity contribution in [1.29, 1.82) is 0 Å². The van der Waals surface area contributed by atoms with E-state index in [9.17, 15) is 0 Å². The van der Waals surface area contributed by atoms with Crippen LogP contribution in [-0.2, 0) is 6.61 Å². The largest absolute Gasteiger partial charge is 0.392 e. The number of hydrogen-bond acceptors (Lipinski definition) is 1. The molecule has 1 heteroatoms. The van der Waals surface area contributed by atoms with Crippen LogP contribution in [0.3, 0.4) is 0 Å². The van der Waals surface area contributed by atoms with Crippen LogP contribution in [0.25, 0.3) is 6.08 Å². The van der Waals surface area contributed by atoms with Gasteiger partial charge in [0.05, 0.1) is 6.61 Å². The molecule has 0 aromatic heterocycles. The SMILES string of the molecule is CCC=Cc1cccc(CO)c1. The minimum atomic E-state index is 0.119. The van der Waals surface area contributed by atoms with E-state index in [4.69, 9.17) is 5.11 Å². The van der Waals surface area contributed by atoms with Crippen LogP contribution in [0.5, 0.6) is 0 Å². The molecule has 0 spiro atoms. The predicted octanol–water partition coefficient (Wildman–Crippen LogP) is 2.60. The molecule has 1 N–H and O–H groups in total. The van der Waals surface area contributed by atoms with Crippen molar-refractivity contribution in [3.05, 3.63) is 41.5 Å². The Labute approximate surface area is 73.4 Å². The molecule has 0 bridgehead atoms. The summed E-state index contributed by atoms with van der Waals surface area (Å²) in [6.07, 6.45) is 5.22. The first kappa shape index (κ1) is 9.01. The topological polar surface area (TPSA) is 20.2 Å². The first-order valence-corrected chi connectivity index (χ1v) is 4.23. The third-order valence-electron chi connectivity index (χ3n) is 1.68. The van der Waals surface area contributed by atoms with Gasteiger partial charge in [-0.25, -0.2) is 0 Å². The third kappa shape index (κ3) is 2.51. The highest BCUT2D eigenvalue weighted by molar-refractivity contribution is 5.50. The molecule has 1 aromatic rings. The number of rotatable bonds is 3. The number of allylic oxidation sites excluding steroid dienone is 1. The molecule has 0 saturated carbocycles. The third-order valence-corrected chi connectivity index (χ3v) is 1.68. The summed E-state index contributed by atoms with van der Waals surface area (Å²) < 4.78 is 0. The number of aliphatic hydroxyl groups excluding tert-OH is 1. The first-order chi connectivity index (χ1) is 5.86. The van der Waals surface area contributed by atoms with E-state index in [-0.39, 0.29) is 6.61 Å². The predicted molar refractivity (Wildman–Crippen MR) is 51.7 cm³/mol. The average Bonchev–Trinajstić information content (AvgIpc) is 2.15. The maximum Gasteiger partial charge on any atom is 0.0682 e. The van der Waals surface area contributed by atoms with Crippen LogP contribution in [0.15, 0.2) is 30.3 Å². The highest BCUT2D eigenvalue weighted by atomic mass is 16.3. The molecule has 0 radical (unpaired) electrons. The molecule has 0 saturated heterocycles. The van der Waals surface area contributed by atoms with Gasteiger partial charge in [0, 0.05) is 0 Å². The van der Waals surface area contributed by atoms with Crippen LogP contribution in [-0.4, -0.2) is 5.11 Å². The summed E-state index contributed by atoms with van der Waals surface area (Å²) in [7, 11) is 0. The van der Waals surface area contributed by atoms with E-state index < -0.39 is 0 Å². The summed E-state index contributed by atoms with van der Waals surface area (Å²) in [5.41, 5.74) is 2.12. The van der Waals surface area contributed by atoms with Gasteiger partial charge in [0.1, 0.15) is 0 Å². The molecule has 0 unspecified atom stereocenters. The van der Waals surface area contributed by atoms with E-state index >= 15 is 0 Å². The zero-order chi connectivity index (χ0) is 8.81. The van der Waals surface area contributed by atoms with E-state index in [1.807, 2.05) is 24.3 Å². The molecular formula is C11H14O. The zero-order valence-electron chi connectivity index (χ0n) is 7.33. The van der Waals surface area contributed by atoms with Gasteiger partial charge in [0.2, 0.25) is 0 Å². The van der Waals surface area contributed by atoms with Crippen molar-refractivity contribution in [2.75, 3.05) is 0 Å². The van der Waals surface area contributed by atoms with E-state index in [1.165, 1.54) is 0 Å². The van der Waals surface area contributed by atoms with Crippen molar-refractivity contribution < 1.29 is 5.11 Å². The second-order valence-corrected chi connectivity index (χ2v) is 2.71. The second-order valence-electron chi connectivity index (χ2n) is 2.71. The maximum absolute atomic E-state index is 8.86. The highest BCUT2D eigenvalue weighted by Crippen LogP contribution is 2.07. The normalized spacial score (nSPS) is 10.8. The van der Waals surface area contributed by atoms with Crippen LogP contribution in [0.1, 0.15) is 24.5 Å². The Morgan fingerprint density at radius 3 is 2.92 bits per heavy atom. The Bertz CT molecular complexity index is 263. The number of hydrogen-bond donors (Lipinski definition) is 1. The highest BCUT2D eigenvalue weighted by Gasteiger charge is 1.89. The molecule has 0 atom stereocenters. The van der Waals surface area contributed by atoms with Crippen LogP contribution < -0.4 is 0 Å². The summed E-state index contributed by atoms with van der Waals surface area (Å²) in [5, 5.41) is 8.86. The van der Waals surface area contributed by atoms with Gasteiger partial charge in [0.25, 0.3) is 0 Å². The molecule has 12 heavy (non-hydrogen) atoms. The van der Waals surface area contributed by atoms with Crippen molar-refractivity contribution in [3.8, 4) is 0 Å². The molecule has 0 aliphatic heterocycles. The molecule has 0 amide bonds. The molecule has 1 nitrogen and oxygen atoms in total. The van der Waals surface area contributed by atoms with E-state index in [0.717, 1.165) is 17.5 Å². The van der Waals surface area contributed by atoms with Crippen LogP contribution in [0, 0.1) is 0 Å². The first-order valence-electron chi connectivity index (χ1n) is 4.23. The smallest absolute Gasteiger partial charge is 0.0682 e. The Morgan fingerprint density at radius 1 is 1.42 bits per heavy atom. The lowest BCUT2D eigenvalue weighted by molar-refractivity contribution is 0.282. The Kier molecular flexibility index (Phi) is 3.55. The van der Waals surface area contributed by atoms with Crippen LogP contribution in [0.2, 0.25) is 0 Å². The monoisotopic (exact) mass is 162 g/mol. The van der Waals surface area contributed by atoms with E-state index in [0.29, 0.717) is 0 Å². The lowest BCUT2D eigenvalue weighted by Gasteiger charge is -1.96. The van der Waals surface area contributed by atoms with Crippen LogP contribution in [0.4, 0.5) is 0 Å². The second kappa shape index (κ2) is 4.73. The van der Waals surface area contributed by atoms with Crippen molar-refractivity contribution in [1.82, 2.24) is 0 Å². The molecular weight excluding hydrogens is 148 g/mol. The molecule has 0 aliphatic rings. The molecule has 0 fully saturated rings. The maximum atomic E-state index is 8.86. The molecule has 64 valence electrons. The zero-order valence-corrected chi connectivity index (χ0v) is 7.33. The Balaban J connectivity index is 2.79. The van der Waals surface area contributed by atoms with E-state index in [1.54, 1.807) is 0 Å². The van der Waals surface area contributed by atoms with Crippen molar-refractivity contribution >= 4 is 6.08 Å². The van der Waals surface area contributed by atoms with Crippen molar-refractivity contribution in [3.63, 3.8) is 0 Å². The van der Waals surface area contributed by atoms with E-state index in [2.05, 4.69) is 19.1 Å². The van der Waals surface area contributed by atoms with Crippen molar-refractivity contribution in [2.45, 2.75) is 20.0 Å². The van der Waals surface area contributed by atoms with Gasteiger partial charge < -0.3 is 5.11 Å². The van der Waals surface area contributed by atoms with Gasteiger partial charge in [-0.2, -0.15) is 0 Å². The van der Waals surface area contributed by atoms with Gasteiger partial charge in [-0.15, -0.1) is 0 Å². The lowest BCUT2D eigenvalue weighted by atomic mass is 10.1. The fourth-order valence-corrected chi connectivity index (χ4v) is 1.05. The Morgan fingerprint density at radius 2 is 2.25 bits per heavy atom.